The third kappa shape index (κ3) is 6.23. The van der Waals surface area contributed by atoms with Crippen LogP contribution in [0, 0.1) is 11.7 Å². The number of hydrogen-bond donors (Lipinski definition) is 3. The third-order valence-electron chi connectivity index (χ3n) is 3.27. The number of methoxy groups -OCH3 is 1. The topological polar surface area (TPSA) is 121 Å². The molecule has 2 rings (SSSR count). The van der Waals surface area contributed by atoms with Gasteiger partial charge in [0.25, 0.3) is 0 Å². The zero-order valence-corrected chi connectivity index (χ0v) is 13.8. The van der Waals surface area contributed by atoms with Crippen molar-refractivity contribution in [1.82, 2.24) is 0 Å². The lowest BCUT2D eigenvalue weighted by Gasteiger charge is -2.06. The number of hydrogen-bond acceptors (Lipinski definition) is 4. The first-order valence-corrected chi connectivity index (χ1v) is 7.32. The molecule has 0 heterocycles. The molecule has 0 amide bonds. The van der Waals surface area contributed by atoms with Crippen molar-refractivity contribution in [3.63, 3.8) is 0 Å². The molecule has 3 N–H and O–H groups in total. The van der Waals surface area contributed by atoms with E-state index in [0.29, 0.717) is 5.56 Å². The number of benzene rings is 2. The van der Waals surface area contributed by atoms with E-state index in [9.17, 15) is 18.8 Å². The second kappa shape index (κ2) is 9.77. The molecule has 0 saturated heterocycles. The fourth-order valence-electron chi connectivity index (χ4n) is 1.97. The van der Waals surface area contributed by atoms with Crippen LogP contribution in [0.1, 0.15) is 15.9 Å². The summed E-state index contributed by atoms with van der Waals surface area (Å²) in [5.74, 6) is -5.59. The Morgan fingerprint density at radius 1 is 1.00 bits per heavy atom. The van der Waals surface area contributed by atoms with Crippen LogP contribution >= 0.6 is 0 Å². The van der Waals surface area contributed by atoms with Gasteiger partial charge in [0.1, 0.15) is 17.1 Å². The van der Waals surface area contributed by atoms with Gasteiger partial charge < -0.3 is 20.1 Å². The summed E-state index contributed by atoms with van der Waals surface area (Å²) < 4.78 is 17.2. The highest BCUT2D eigenvalue weighted by molar-refractivity contribution is 5.93. The number of carboxylic acids is 3. The fourth-order valence-corrected chi connectivity index (χ4v) is 1.97. The highest BCUT2D eigenvalue weighted by Crippen LogP contribution is 2.18. The summed E-state index contributed by atoms with van der Waals surface area (Å²) >= 11 is 0. The number of rotatable bonds is 6. The van der Waals surface area contributed by atoms with E-state index >= 15 is 0 Å². The van der Waals surface area contributed by atoms with Crippen molar-refractivity contribution in [2.45, 2.75) is 6.42 Å². The minimum atomic E-state index is -1.36. The van der Waals surface area contributed by atoms with Gasteiger partial charge in [-0.05, 0) is 24.1 Å². The van der Waals surface area contributed by atoms with E-state index in [2.05, 4.69) is 4.74 Å². The lowest BCUT2D eigenvalue weighted by Crippen LogP contribution is -2.25. The molecule has 0 spiro atoms. The van der Waals surface area contributed by atoms with Crippen LogP contribution in [0.3, 0.4) is 0 Å². The van der Waals surface area contributed by atoms with Gasteiger partial charge in [0.15, 0.2) is 5.92 Å². The molecule has 0 aliphatic rings. The Kier molecular flexibility index (Phi) is 7.75. The number of carboxylic acid groups (broad SMARTS) is 3. The Morgan fingerprint density at radius 2 is 1.58 bits per heavy atom. The molecule has 138 valence electrons. The summed E-state index contributed by atoms with van der Waals surface area (Å²) in [4.78, 5) is 31.6. The van der Waals surface area contributed by atoms with Gasteiger partial charge in [0, 0.05) is 6.07 Å². The van der Waals surface area contributed by atoms with Crippen LogP contribution < -0.4 is 4.74 Å². The van der Waals surface area contributed by atoms with Crippen molar-refractivity contribution in [2.75, 3.05) is 7.11 Å². The Morgan fingerprint density at radius 3 is 2.04 bits per heavy atom. The van der Waals surface area contributed by atoms with Gasteiger partial charge in [-0.15, -0.1) is 0 Å². The van der Waals surface area contributed by atoms with Crippen molar-refractivity contribution in [3.8, 4) is 5.75 Å². The highest BCUT2D eigenvalue weighted by atomic mass is 19.1. The fraction of sp³-hybridized carbons (Fsp3) is 0.167. The molecule has 8 heteroatoms. The molecule has 0 fully saturated rings. The molecule has 26 heavy (non-hydrogen) atoms. The van der Waals surface area contributed by atoms with Gasteiger partial charge in [-0.2, -0.15) is 0 Å². The zero-order chi connectivity index (χ0) is 19.7. The third-order valence-corrected chi connectivity index (χ3v) is 3.27. The summed E-state index contributed by atoms with van der Waals surface area (Å²) in [6.07, 6.45) is 0.0194. The van der Waals surface area contributed by atoms with Crippen molar-refractivity contribution >= 4 is 17.9 Å². The Balaban J connectivity index is 0.000000263. The molecular weight excluding hydrogens is 347 g/mol. The van der Waals surface area contributed by atoms with Crippen LogP contribution in [0.4, 0.5) is 4.39 Å². The van der Waals surface area contributed by atoms with Crippen molar-refractivity contribution < 1.29 is 38.8 Å². The van der Waals surface area contributed by atoms with Gasteiger partial charge in [-0.25, -0.2) is 9.18 Å². The lowest BCUT2D eigenvalue weighted by atomic mass is 10.00. The monoisotopic (exact) mass is 364 g/mol. The SMILES string of the molecule is COc1cc(F)ccc1C(=O)O.O=C(O)C(Cc1ccccc1)C(=O)O. The normalized spacial score (nSPS) is 9.81. The average Bonchev–Trinajstić information content (AvgIpc) is 2.60. The van der Waals surface area contributed by atoms with Crippen LogP contribution in [0.15, 0.2) is 48.5 Å². The average molecular weight is 364 g/mol. The number of carbonyl (C=O) groups is 3. The summed E-state index contributed by atoms with van der Waals surface area (Å²) in [6, 6.07) is 12.0. The first-order chi connectivity index (χ1) is 12.3. The maximum absolute atomic E-state index is 12.5. The number of halogens is 1. The maximum Gasteiger partial charge on any atom is 0.339 e. The summed E-state index contributed by atoms with van der Waals surface area (Å²) in [5.41, 5.74) is 0.668. The molecule has 0 aliphatic heterocycles. The minimum absolute atomic E-state index is 0.0194. The minimum Gasteiger partial charge on any atom is -0.496 e. The second-order valence-corrected chi connectivity index (χ2v) is 5.07. The zero-order valence-electron chi connectivity index (χ0n) is 13.8. The molecule has 0 unspecified atom stereocenters. The standard InChI is InChI=1S/C10H10O4.C8H7FO3/c11-9(12)8(10(13)14)6-7-4-2-1-3-5-7;1-12-7-4-5(9)2-3-6(7)8(10)11/h1-5,8H,6H2,(H,11,12)(H,13,14);2-4H,1H3,(H,10,11). The van der Waals surface area contributed by atoms with Gasteiger partial charge in [-0.1, -0.05) is 30.3 Å². The van der Waals surface area contributed by atoms with E-state index in [4.69, 9.17) is 15.3 Å². The van der Waals surface area contributed by atoms with Crippen LogP contribution in [0.2, 0.25) is 0 Å². The number of ether oxygens (including phenoxy) is 1. The van der Waals surface area contributed by atoms with Crippen molar-refractivity contribution in [1.29, 1.82) is 0 Å². The predicted octanol–water partition coefficient (Wildman–Crippen LogP) is 2.55. The summed E-state index contributed by atoms with van der Waals surface area (Å²) in [7, 11) is 1.29. The Hall–Kier alpha value is -3.42. The van der Waals surface area contributed by atoms with E-state index in [1.54, 1.807) is 30.3 Å². The smallest absolute Gasteiger partial charge is 0.339 e. The predicted molar refractivity (Wildman–Crippen MR) is 88.8 cm³/mol. The van der Waals surface area contributed by atoms with E-state index in [-0.39, 0.29) is 17.7 Å². The maximum atomic E-state index is 12.5. The van der Waals surface area contributed by atoms with E-state index in [1.165, 1.54) is 7.11 Å². The quantitative estimate of drug-likeness (QED) is 0.674. The number of aromatic carboxylic acids is 1. The van der Waals surface area contributed by atoms with Crippen molar-refractivity contribution in [3.05, 3.63) is 65.5 Å². The summed E-state index contributed by atoms with van der Waals surface area (Å²) in [5, 5.41) is 25.8. The molecule has 0 radical (unpaired) electrons. The van der Waals surface area contributed by atoms with Crippen LogP contribution in [0.25, 0.3) is 0 Å². The highest BCUT2D eigenvalue weighted by Gasteiger charge is 2.25. The molecule has 0 saturated carbocycles. The van der Waals surface area contributed by atoms with E-state index in [1.807, 2.05) is 0 Å². The van der Waals surface area contributed by atoms with E-state index < -0.39 is 29.6 Å². The van der Waals surface area contributed by atoms with Crippen LogP contribution in [-0.2, 0) is 16.0 Å². The number of aliphatic carboxylic acids is 2. The Bertz CT molecular complexity index is 760. The first kappa shape index (κ1) is 20.6. The molecule has 0 aliphatic carbocycles. The van der Waals surface area contributed by atoms with Crippen LogP contribution in [0.5, 0.6) is 5.75 Å². The lowest BCUT2D eigenvalue weighted by molar-refractivity contribution is -0.154. The molecule has 2 aromatic carbocycles. The van der Waals surface area contributed by atoms with Gasteiger partial charge in [0.2, 0.25) is 0 Å². The van der Waals surface area contributed by atoms with Gasteiger partial charge in [-0.3, -0.25) is 9.59 Å². The van der Waals surface area contributed by atoms with Gasteiger partial charge >= 0.3 is 17.9 Å². The molecule has 0 bridgehead atoms. The Labute approximate surface area is 148 Å². The van der Waals surface area contributed by atoms with Crippen molar-refractivity contribution in [2.24, 2.45) is 5.92 Å². The first-order valence-electron chi connectivity index (χ1n) is 7.32. The van der Waals surface area contributed by atoms with Gasteiger partial charge in [0.05, 0.1) is 7.11 Å². The molecular formula is C18H17FO7. The molecule has 7 nitrogen and oxygen atoms in total. The largest absolute Gasteiger partial charge is 0.496 e. The molecule has 2 aromatic rings. The molecule has 0 atom stereocenters. The molecule has 0 aromatic heterocycles. The summed E-state index contributed by atoms with van der Waals surface area (Å²) in [6.45, 7) is 0. The van der Waals surface area contributed by atoms with Crippen LogP contribution in [-0.4, -0.2) is 40.3 Å². The van der Waals surface area contributed by atoms with E-state index in [0.717, 1.165) is 18.2 Å². The second-order valence-electron chi connectivity index (χ2n) is 5.07.